The van der Waals surface area contributed by atoms with Gasteiger partial charge in [0.15, 0.2) is 6.61 Å². The summed E-state index contributed by atoms with van der Waals surface area (Å²) >= 11 is 0. The summed E-state index contributed by atoms with van der Waals surface area (Å²) in [6, 6.07) is 15.9. The fourth-order valence-electron chi connectivity index (χ4n) is 3.60. The van der Waals surface area contributed by atoms with E-state index in [2.05, 4.69) is 20.0 Å². The summed E-state index contributed by atoms with van der Waals surface area (Å²) in [6.07, 6.45) is -0.710. The highest BCUT2D eigenvalue weighted by Gasteiger charge is 2.44. The molecule has 0 spiro atoms. The van der Waals surface area contributed by atoms with E-state index in [9.17, 15) is 18.0 Å². The number of nitrogens with zero attached hydrogens (tertiary/aromatic N) is 2. The van der Waals surface area contributed by atoms with Crippen molar-refractivity contribution in [2.24, 2.45) is 5.92 Å². The molecule has 3 aromatic rings. The molecule has 0 saturated heterocycles. The topological polar surface area (TPSA) is 73.3 Å². The van der Waals surface area contributed by atoms with E-state index in [0.717, 1.165) is 23.4 Å². The molecule has 178 valence electrons. The van der Waals surface area contributed by atoms with Crippen LogP contribution in [0.25, 0.3) is 0 Å². The number of alkyl halides is 3. The van der Waals surface area contributed by atoms with E-state index in [0.29, 0.717) is 12.3 Å². The quantitative estimate of drug-likeness (QED) is 0.477. The molecule has 6 nitrogen and oxygen atoms in total. The van der Waals surface area contributed by atoms with Gasteiger partial charge in [-0.1, -0.05) is 18.2 Å². The monoisotopic (exact) mass is 471 g/mol. The molecule has 1 aromatic carbocycles. The van der Waals surface area contributed by atoms with Gasteiger partial charge in [0.2, 0.25) is 5.91 Å². The van der Waals surface area contributed by atoms with Crippen molar-refractivity contribution in [2.45, 2.75) is 38.1 Å². The molecule has 34 heavy (non-hydrogen) atoms. The van der Waals surface area contributed by atoms with E-state index >= 15 is 0 Å². The van der Waals surface area contributed by atoms with E-state index in [1.807, 2.05) is 42.5 Å². The first-order valence-electron chi connectivity index (χ1n) is 10.9. The first-order chi connectivity index (χ1) is 16.3. The summed E-state index contributed by atoms with van der Waals surface area (Å²) in [4.78, 5) is 21.0. The minimum absolute atomic E-state index is 0.0225. The number of hydrogen-bond donors (Lipinski definition) is 1. The lowest BCUT2D eigenvalue weighted by Gasteiger charge is -2.14. The van der Waals surface area contributed by atoms with Crippen molar-refractivity contribution < 1.29 is 27.4 Å². The van der Waals surface area contributed by atoms with Gasteiger partial charge in [0.25, 0.3) is 0 Å². The van der Waals surface area contributed by atoms with Crippen LogP contribution < -0.4 is 14.8 Å². The van der Waals surface area contributed by atoms with E-state index in [1.54, 1.807) is 19.2 Å². The summed E-state index contributed by atoms with van der Waals surface area (Å²) in [6.45, 7) is 0.790. The lowest BCUT2D eigenvalue weighted by atomic mass is 10.1. The summed E-state index contributed by atoms with van der Waals surface area (Å²) in [7, 11) is 0. The molecule has 3 atom stereocenters. The third-order valence-corrected chi connectivity index (χ3v) is 5.51. The van der Waals surface area contributed by atoms with Crippen molar-refractivity contribution in [1.82, 2.24) is 15.3 Å². The number of aromatic nitrogens is 2. The van der Waals surface area contributed by atoms with Gasteiger partial charge in [-0.2, -0.15) is 13.2 Å². The zero-order valence-electron chi connectivity index (χ0n) is 18.5. The molecule has 1 aliphatic rings. The van der Waals surface area contributed by atoms with Crippen LogP contribution in [-0.2, 0) is 11.4 Å². The summed E-state index contributed by atoms with van der Waals surface area (Å²) < 4.78 is 47.1. The van der Waals surface area contributed by atoms with Crippen LogP contribution in [0.4, 0.5) is 13.2 Å². The third-order valence-electron chi connectivity index (χ3n) is 5.51. The molecule has 1 fully saturated rings. The van der Waals surface area contributed by atoms with Crippen LogP contribution in [0.5, 0.6) is 11.5 Å². The molecule has 0 bridgehead atoms. The predicted molar refractivity (Wildman–Crippen MR) is 118 cm³/mol. The second-order valence-electron chi connectivity index (χ2n) is 8.18. The first-order valence-corrected chi connectivity index (χ1v) is 10.9. The van der Waals surface area contributed by atoms with E-state index in [4.69, 9.17) is 4.74 Å². The second kappa shape index (κ2) is 10.1. The molecule has 0 aliphatic heterocycles. The molecule has 0 unspecified atom stereocenters. The van der Waals surface area contributed by atoms with Crippen molar-refractivity contribution in [1.29, 1.82) is 0 Å². The van der Waals surface area contributed by atoms with Gasteiger partial charge in [0.05, 0.1) is 23.6 Å². The number of rotatable bonds is 9. The second-order valence-corrected chi connectivity index (χ2v) is 8.18. The van der Waals surface area contributed by atoms with Crippen LogP contribution >= 0.6 is 0 Å². The lowest BCUT2D eigenvalue weighted by molar-refractivity contribution is -0.153. The number of amides is 1. The summed E-state index contributed by atoms with van der Waals surface area (Å²) in [5.41, 5.74) is 2.46. The van der Waals surface area contributed by atoms with Crippen LogP contribution in [0.3, 0.4) is 0 Å². The molecule has 1 N–H and O–H groups in total. The zero-order valence-corrected chi connectivity index (χ0v) is 18.5. The largest absolute Gasteiger partial charge is 0.487 e. The molecule has 2 heterocycles. The Hall–Kier alpha value is -3.62. The highest BCUT2D eigenvalue weighted by atomic mass is 19.4. The van der Waals surface area contributed by atoms with Crippen molar-refractivity contribution >= 4 is 5.91 Å². The predicted octanol–water partition coefficient (Wildman–Crippen LogP) is 4.98. The Balaban J connectivity index is 1.25. The molecule has 9 heteroatoms. The Bertz CT molecular complexity index is 1090. The van der Waals surface area contributed by atoms with Gasteiger partial charge in [-0.05, 0) is 61.2 Å². The zero-order chi connectivity index (χ0) is 24.1. The van der Waals surface area contributed by atoms with Gasteiger partial charge in [0.1, 0.15) is 18.1 Å². The SMILES string of the molecule is C[C@@H](NC(=O)[C@H]1C[C@@H]1c1ccc(OCc2ccccn2)cc1)c1ccc(OCC(F)(F)F)cn1. The van der Waals surface area contributed by atoms with Crippen molar-refractivity contribution in [3.8, 4) is 11.5 Å². The Morgan fingerprint density at radius 1 is 1.06 bits per heavy atom. The molecular formula is C25H24F3N3O3. The Morgan fingerprint density at radius 3 is 2.47 bits per heavy atom. The van der Waals surface area contributed by atoms with Gasteiger partial charge in [-0.25, -0.2) is 0 Å². The standard InChI is InChI=1S/C25H24F3N3O3/c1-16(23-10-9-20(13-30-23)34-15-25(26,27)28)31-24(32)22-12-21(22)17-5-7-19(8-6-17)33-14-18-4-2-3-11-29-18/h2-11,13,16,21-22H,12,14-15H2,1H3,(H,31,32)/t16-,21-,22+/m1/s1. The third kappa shape index (κ3) is 6.46. The molecule has 4 rings (SSSR count). The molecule has 2 aromatic heterocycles. The smallest absolute Gasteiger partial charge is 0.422 e. The lowest BCUT2D eigenvalue weighted by Crippen LogP contribution is -2.29. The van der Waals surface area contributed by atoms with E-state index < -0.39 is 12.8 Å². The molecule has 0 radical (unpaired) electrons. The van der Waals surface area contributed by atoms with Crippen LogP contribution in [0, 0.1) is 5.92 Å². The van der Waals surface area contributed by atoms with Gasteiger partial charge in [0, 0.05) is 12.1 Å². The minimum atomic E-state index is -4.41. The van der Waals surface area contributed by atoms with E-state index in [-0.39, 0.29) is 29.5 Å². The Labute approximate surface area is 195 Å². The average Bonchev–Trinajstić information content (AvgIpc) is 3.63. The van der Waals surface area contributed by atoms with Crippen LogP contribution in [0.1, 0.15) is 42.3 Å². The highest BCUT2D eigenvalue weighted by Crippen LogP contribution is 2.48. The number of nitrogens with one attached hydrogen (secondary N) is 1. The summed E-state index contributed by atoms with van der Waals surface area (Å²) in [5, 5.41) is 2.93. The number of carbonyl (C=O) groups excluding carboxylic acids is 1. The maximum atomic E-state index is 12.7. The normalized spacial score (nSPS) is 18.1. The average molecular weight is 471 g/mol. The molecular weight excluding hydrogens is 447 g/mol. The van der Waals surface area contributed by atoms with Crippen molar-refractivity contribution in [3.05, 3.63) is 83.9 Å². The van der Waals surface area contributed by atoms with Crippen molar-refractivity contribution in [3.63, 3.8) is 0 Å². The maximum Gasteiger partial charge on any atom is 0.422 e. The maximum absolute atomic E-state index is 12.7. The van der Waals surface area contributed by atoms with Gasteiger partial charge >= 0.3 is 6.18 Å². The minimum Gasteiger partial charge on any atom is -0.487 e. The Morgan fingerprint density at radius 2 is 1.82 bits per heavy atom. The van der Waals surface area contributed by atoms with Crippen LogP contribution in [-0.4, -0.2) is 28.7 Å². The molecule has 1 amide bonds. The highest BCUT2D eigenvalue weighted by molar-refractivity contribution is 5.83. The first kappa shape index (κ1) is 23.5. The van der Waals surface area contributed by atoms with Gasteiger partial charge < -0.3 is 14.8 Å². The fraction of sp³-hybridized carbons (Fsp3) is 0.320. The number of halogens is 3. The number of carbonyl (C=O) groups is 1. The van der Waals surface area contributed by atoms with Gasteiger partial charge in [-0.3, -0.25) is 14.8 Å². The van der Waals surface area contributed by atoms with Gasteiger partial charge in [-0.15, -0.1) is 0 Å². The van der Waals surface area contributed by atoms with Crippen LogP contribution in [0.15, 0.2) is 67.0 Å². The number of benzene rings is 1. The number of ether oxygens (including phenoxy) is 2. The number of pyridine rings is 2. The Kier molecular flexibility index (Phi) is 7.00. The molecule has 1 saturated carbocycles. The van der Waals surface area contributed by atoms with Crippen molar-refractivity contribution in [2.75, 3.05) is 6.61 Å². The van der Waals surface area contributed by atoms with E-state index in [1.165, 1.54) is 12.3 Å². The van der Waals surface area contributed by atoms with Crippen LogP contribution in [0.2, 0.25) is 0 Å². The fourth-order valence-corrected chi connectivity index (χ4v) is 3.60. The summed E-state index contributed by atoms with van der Waals surface area (Å²) in [5.74, 6) is 0.695. The number of hydrogen-bond acceptors (Lipinski definition) is 5. The molecule has 1 aliphatic carbocycles.